The molecule has 27 heavy (non-hydrogen) atoms. The van der Waals surface area contributed by atoms with Gasteiger partial charge in [-0.25, -0.2) is 5.43 Å². The van der Waals surface area contributed by atoms with Crippen LogP contribution in [0.4, 0.5) is 0 Å². The molecule has 0 spiro atoms. The van der Waals surface area contributed by atoms with Crippen LogP contribution in [0.3, 0.4) is 0 Å². The van der Waals surface area contributed by atoms with E-state index in [-0.39, 0.29) is 12.4 Å². The van der Waals surface area contributed by atoms with Gasteiger partial charge >= 0.3 is 0 Å². The molecule has 4 rings (SSSR count). The summed E-state index contributed by atoms with van der Waals surface area (Å²) >= 11 is 0. The molecule has 1 aliphatic rings. The van der Waals surface area contributed by atoms with Gasteiger partial charge in [0.25, 0.3) is 5.91 Å². The fraction of sp³-hybridized carbons (Fsp3) is 0.143. The fourth-order valence-electron chi connectivity index (χ4n) is 2.89. The van der Waals surface area contributed by atoms with Gasteiger partial charge in [0.2, 0.25) is 6.10 Å². The third-order valence-corrected chi connectivity index (χ3v) is 4.33. The molecule has 0 saturated heterocycles. The van der Waals surface area contributed by atoms with Gasteiger partial charge in [-0.15, -0.1) is 0 Å². The molecule has 0 aromatic heterocycles. The summed E-state index contributed by atoms with van der Waals surface area (Å²) in [6.45, 7) is 1.98. The summed E-state index contributed by atoms with van der Waals surface area (Å²) < 4.78 is 11.5. The van der Waals surface area contributed by atoms with E-state index in [0.29, 0.717) is 17.1 Å². The topological polar surface area (TPSA) is 80.2 Å². The van der Waals surface area contributed by atoms with Gasteiger partial charge in [0.05, 0.1) is 6.21 Å². The third-order valence-electron chi connectivity index (χ3n) is 4.33. The van der Waals surface area contributed by atoms with Crippen molar-refractivity contribution in [2.75, 3.05) is 6.61 Å². The van der Waals surface area contributed by atoms with Crippen LogP contribution in [0.5, 0.6) is 17.2 Å². The number of amides is 1. The number of hydrogen-bond acceptors (Lipinski definition) is 5. The van der Waals surface area contributed by atoms with Crippen LogP contribution in [0.2, 0.25) is 0 Å². The number of phenolic OH excluding ortho intramolecular Hbond substituents is 1. The second-order valence-electron chi connectivity index (χ2n) is 6.36. The molecule has 3 aromatic rings. The molecule has 2 N–H and O–H groups in total. The van der Waals surface area contributed by atoms with Gasteiger partial charge in [0.1, 0.15) is 12.4 Å². The Bertz CT molecular complexity index is 1050. The number of rotatable bonds is 3. The first-order chi connectivity index (χ1) is 13.1. The molecule has 136 valence electrons. The minimum atomic E-state index is -0.803. The fourth-order valence-corrected chi connectivity index (χ4v) is 2.89. The van der Waals surface area contributed by atoms with Crippen LogP contribution in [-0.4, -0.2) is 29.9 Å². The molecule has 0 radical (unpaired) electrons. The maximum atomic E-state index is 12.3. The number of benzene rings is 3. The van der Waals surface area contributed by atoms with Crippen LogP contribution in [0, 0.1) is 6.92 Å². The highest BCUT2D eigenvalue weighted by Crippen LogP contribution is 2.35. The van der Waals surface area contributed by atoms with Gasteiger partial charge in [-0.3, -0.25) is 4.79 Å². The lowest BCUT2D eigenvalue weighted by atomic mass is 10.1. The maximum absolute atomic E-state index is 12.3. The van der Waals surface area contributed by atoms with E-state index in [4.69, 9.17) is 9.47 Å². The van der Waals surface area contributed by atoms with E-state index < -0.39 is 12.0 Å². The Hall–Kier alpha value is -3.54. The number of fused-ring (bicyclic) bond motifs is 2. The number of aryl methyl sites for hydroxylation is 1. The second-order valence-corrected chi connectivity index (χ2v) is 6.36. The molecular weight excluding hydrogens is 344 g/mol. The Labute approximate surface area is 156 Å². The largest absolute Gasteiger partial charge is 0.507 e. The molecule has 1 heterocycles. The molecule has 0 fully saturated rings. The number of phenols is 1. The number of aromatic hydroxyl groups is 1. The molecule has 1 atom stereocenters. The molecule has 6 nitrogen and oxygen atoms in total. The quantitative estimate of drug-likeness (QED) is 0.554. The Morgan fingerprint density at radius 1 is 1.15 bits per heavy atom. The Morgan fingerprint density at radius 2 is 1.89 bits per heavy atom. The lowest BCUT2D eigenvalue weighted by molar-refractivity contribution is -0.130. The van der Waals surface area contributed by atoms with Crippen molar-refractivity contribution in [1.82, 2.24) is 5.43 Å². The van der Waals surface area contributed by atoms with Crippen LogP contribution in [0.25, 0.3) is 10.8 Å². The molecule has 0 aliphatic carbocycles. The average Bonchev–Trinajstić information content (AvgIpc) is 2.67. The van der Waals surface area contributed by atoms with Gasteiger partial charge in [0, 0.05) is 5.56 Å². The van der Waals surface area contributed by atoms with Crippen LogP contribution >= 0.6 is 0 Å². The van der Waals surface area contributed by atoms with Gasteiger partial charge in [-0.05, 0) is 47.5 Å². The molecule has 3 aromatic carbocycles. The minimum Gasteiger partial charge on any atom is -0.507 e. The standard InChI is InChI=1S/C21H18N2O4/c1-13-6-7-16(17(24)8-13)11-22-23-21(25)20-12-26-18-9-14-4-2-3-5-15(14)10-19(18)27-20/h2-11,20,24H,12H2,1H3,(H,23,25). The molecule has 0 saturated carbocycles. The summed E-state index contributed by atoms with van der Waals surface area (Å²) in [5, 5.41) is 15.8. The van der Waals surface area contributed by atoms with E-state index in [2.05, 4.69) is 10.5 Å². The molecule has 1 unspecified atom stereocenters. The van der Waals surface area contributed by atoms with Gasteiger partial charge in [-0.2, -0.15) is 5.10 Å². The van der Waals surface area contributed by atoms with Crippen LogP contribution in [0.1, 0.15) is 11.1 Å². The van der Waals surface area contributed by atoms with E-state index in [9.17, 15) is 9.90 Å². The van der Waals surface area contributed by atoms with Crippen molar-refractivity contribution in [3.8, 4) is 17.2 Å². The summed E-state index contributed by atoms with van der Waals surface area (Å²) in [6.07, 6.45) is 0.583. The number of nitrogens with one attached hydrogen (secondary N) is 1. The lowest BCUT2D eigenvalue weighted by Gasteiger charge is -2.25. The highest BCUT2D eigenvalue weighted by molar-refractivity contribution is 5.88. The summed E-state index contributed by atoms with van der Waals surface area (Å²) in [4.78, 5) is 12.3. The smallest absolute Gasteiger partial charge is 0.284 e. The zero-order chi connectivity index (χ0) is 18.8. The van der Waals surface area contributed by atoms with Crippen molar-refractivity contribution in [3.05, 3.63) is 65.7 Å². The van der Waals surface area contributed by atoms with E-state index in [0.717, 1.165) is 16.3 Å². The predicted octanol–water partition coefficient (Wildman–Crippen LogP) is 3.14. The third kappa shape index (κ3) is 3.55. The first-order valence-corrected chi connectivity index (χ1v) is 8.55. The van der Waals surface area contributed by atoms with Crippen molar-refractivity contribution in [1.29, 1.82) is 0 Å². The normalized spacial score (nSPS) is 15.8. The van der Waals surface area contributed by atoms with Crippen LogP contribution in [0.15, 0.2) is 59.7 Å². The Kier molecular flexibility index (Phi) is 4.38. The molecule has 6 heteroatoms. The predicted molar refractivity (Wildman–Crippen MR) is 102 cm³/mol. The molecule has 0 bridgehead atoms. The van der Waals surface area contributed by atoms with Crippen molar-refractivity contribution in [3.63, 3.8) is 0 Å². The van der Waals surface area contributed by atoms with Gasteiger partial charge < -0.3 is 14.6 Å². The van der Waals surface area contributed by atoms with Crippen molar-refractivity contribution in [2.45, 2.75) is 13.0 Å². The number of hydrazone groups is 1. The second kappa shape index (κ2) is 6.99. The monoisotopic (exact) mass is 362 g/mol. The summed E-state index contributed by atoms with van der Waals surface area (Å²) in [7, 11) is 0. The maximum Gasteiger partial charge on any atom is 0.284 e. The Morgan fingerprint density at radius 3 is 2.63 bits per heavy atom. The number of ether oxygens (including phenoxy) is 2. The summed E-state index contributed by atoms with van der Waals surface area (Å²) in [5.41, 5.74) is 3.88. The Balaban J connectivity index is 1.44. The van der Waals surface area contributed by atoms with Crippen molar-refractivity contribution < 1.29 is 19.4 Å². The first kappa shape index (κ1) is 16.9. The van der Waals surface area contributed by atoms with E-state index in [1.54, 1.807) is 12.1 Å². The van der Waals surface area contributed by atoms with Crippen LogP contribution < -0.4 is 14.9 Å². The molecular formula is C21H18N2O4. The average molecular weight is 362 g/mol. The van der Waals surface area contributed by atoms with Crippen molar-refractivity contribution in [2.24, 2.45) is 5.10 Å². The number of carbonyl (C=O) groups is 1. The zero-order valence-corrected chi connectivity index (χ0v) is 14.7. The van der Waals surface area contributed by atoms with E-state index >= 15 is 0 Å². The first-order valence-electron chi connectivity index (χ1n) is 8.55. The number of carbonyl (C=O) groups excluding carboxylic acids is 1. The number of nitrogens with zero attached hydrogens (tertiary/aromatic N) is 1. The highest BCUT2D eigenvalue weighted by Gasteiger charge is 2.27. The number of hydrogen-bond donors (Lipinski definition) is 2. The van der Waals surface area contributed by atoms with E-state index in [1.165, 1.54) is 6.21 Å². The lowest BCUT2D eigenvalue weighted by Crippen LogP contribution is -2.42. The highest BCUT2D eigenvalue weighted by atomic mass is 16.6. The minimum absolute atomic E-state index is 0.0997. The SMILES string of the molecule is Cc1ccc(C=NNC(=O)C2COc3cc4ccccc4cc3O2)c(O)c1. The van der Waals surface area contributed by atoms with Crippen molar-refractivity contribution >= 4 is 22.9 Å². The molecule has 1 aliphatic heterocycles. The van der Waals surface area contributed by atoms with E-state index in [1.807, 2.05) is 49.4 Å². The van der Waals surface area contributed by atoms with Crippen LogP contribution in [-0.2, 0) is 4.79 Å². The van der Waals surface area contributed by atoms with Gasteiger partial charge in [-0.1, -0.05) is 30.3 Å². The summed E-state index contributed by atoms with van der Waals surface area (Å²) in [5.74, 6) is 0.828. The van der Waals surface area contributed by atoms with Gasteiger partial charge in [0.15, 0.2) is 11.5 Å². The zero-order valence-electron chi connectivity index (χ0n) is 14.7. The molecule has 1 amide bonds. The summed E-state index contributed by atoms with van der Waals surface area (Å²) in [6, 6.07) is 16.8.